The van der Waals surface area contributed by atoms with Crippen molar-refractivity contribution in [2.24, 2.45) is 0 Å². The van der Waals surface area contributed by atoms with Gasteiger partial charge in [-0.05, 0) is 43.0 Å². The highest BCUT2D eigenvalue weighted by Gasteiger charge is 2.22. The molecule has 0 atom stereocenters. The number of fused-ring (bicyclic) bond motifs is 1. The first kappa shape index (κ1) is 10.5. The third-order valence-corrected chi connectivity index (χ3v) is 3.69. The van der Waals surface area contributed by atoms with E-state index in [-0.39, 0.29) is 5.82 Å². The molecule has 0 aliphatic carbocycles. The van der Waals surface area contributed by atoms with Crippen molar-refractivity contribution in [3.05, 3.63) is 29.1 Å². The SMILES string of the molecule is CC#CCN1Cc2ccc(F)c(C)c2S1. The molecule has 0 aromatic heterocycles. The standard InChI is InChI=1S/C12H12FNS/c1-3-4-7-14-8-10-5-6-11(13)9(2)12(10)15-14/h5-6H,7-8H2,1-2H3. The van der Waals surface area contributed by atoms with Gasteiger partial charge in [-0.2, -0.15) is 0 Å². The van der Waals surface area contributed by atoms with Gasteiger partial charge in [-0.15, -0.1) is 5.92 Å². The summed E-state index contributed by atoms with van der Waals surface area (Å²) in [5.41, 5.74) is 1.96. The fourth-order valence-electron chi connectivity index (χ4n) is 1.58. The quantitative estimate of drug-likeness (QED) is 0.530. The molecule has 1 nitrogen and oxygen atoms in total. The highest BCUT2D eigenvalue weighted by molar-refractivity contribution is 7.97. The van der Waals surface area contributed by atoms with Gasteiger partial charge in [0.15, 0.2) is 0 Å². The van der Waals surface area contributed by atoms with Gasteiger partial charge in [0.1, 0.15) is 5.82 Å². The lowest BCUT2D eigenvalue weighted by Gasteiger charge is -2.07. The Bertz CT molecular complexity index is 445. The second kappa shape index (κ2) is 4.26. The number of nitrogens with zero attached hydrogens (tertiary/aromatic N) is 1. The second-order valence-corrected chi connectivity index (χ2v) is 4.58. The van der Waals surface area contributed by atoms with Crippen LogP contribution in [-0.2, 0) is 6.54 Å². The Hall–Kier alpha value is -0.980. The van der Waals surface area contributed by atoms with Gasteiger partial charge >= 0.3 is 0 Å². The van der Waals surface area contributed by atoms with Crippen LogP contribution in [0.25, 0.3) is 0 Å². The van der Waals surface area contributed by atoms with Gasteiger partial charge < -0.3 is 0 Å². The maximum Gasteiger partial charge on any atom is 0.127 e. The lowest BCUT2D eigenvalue weighted by Crippen LogP contribution is -2.09. The molecular formula is C12H12FNS. The van der Waals surface area contributed by atoms with Crippen LogP contribution in [0.2, 0.25) is 0 Å². The van der Waals surface area contributed by atoms with Crippen molar-refractivity contribution < 1.29 is 4.39 Å². The highest BCUT2D eigenvalue weighted by Crippen LogP contribution is 2.38. The summed E-state index contributed by atoms with van der Waals surface area (Å²) in [6, 6.07) is 3.41. The molecule has 0 saturated heterocycles. The fourth-order valence-corrected chi connectivity index (χ4v) is 2.66. The van der Waals surface area contributed by atoms with E-state index in [0.29, 0.717) is 0 Å². The molecular weight excluding hydrogens is 209 g/mol. The lowest BCUT2D eigenvalue weighted by molar-refractivity contribution is 0.538. The molecule has 0 amide bonds. The molecule has 0 N–H and O–H groups in total. The van der Waals surface area contributed by atoms with Gasteiger partial charge in [-0.25, -0.2) is 8.70 Å². The molecule has 1 aliphatic heterocycles. The zero-order valence-corrected chi connectivity index (χ0v) is 9.62. The van der Waals surface area contributed by atoms with Gasteiger partial charge in [0.2, 0.25) is 0 Å². The third-order valence-electron chi connectivity index (χ3n) is 2.42. The Morgan fingerprint density at radius 3 is 3.07 bits per heavy atom. The van der Waals surface area contributed by atoms with Crippen molar-refractivity contribution >= 4 is 11.9 Å². The van der Waals surface area contributed by atoms with Gasteiger partial charge in [-0.1, -0.05) is 12.0 Å². The van der Waals surface area contributed by atoms with Crippen LogP contribution in [0.15, 0.2) is 17.0 Å². The van der Waals surface area contributed by atoms with Gasteiger partial charge in [-0.3, -0.25) is 0 Å². The Balaban J connectivity index is 2.22. The van der Waals surface area contributed by atoms with Crippen LogP contribution in [0.5, 0.6) is 0 Å². The number of hydrogen-bond acceptors (Lipinski definition) is 2. The largest absolute Gasteiger partial charge is 0.230 e. The van der Waals surface area contributed by atoms with Crippen molar-refractivity contribution in [3.63, 3.8) is 0 Å². The van der Waals surface area contributed by atoms with Crippen molar-refractivity contribution in [3.8, 4) is 11.8 Å². The zero-order chi connectivity index (χ0) is 10.8. The first-order chi connectivity index (χ1) is 7.22. The topological polar surface area (TPSA) is 3.24 Å². The number of benzene rings is 1. The molecule has 0 fully saturated rings. The average molecular weight is 221 g/mol. The first-order valence-corrected chi connectivity index (χ1v) is 5.60. The molecule has 0 bridgehead atoms. The van der Waals surface area contributed by atoms with Crippen LogP contribution in [0.3, 0.4) is 0 Å². The summed E-state index contributed by atoms with van der Waals surface area (Å²) < 4.78 is 15.4. The van der Waals surface area contributed by atoms with Crippen LogP contribution in [0, 0.1) is 24.6 Å². The number of rotatable bonds is 1. The van der Waals surface area contributed by atoms with E-state index in [1.165, 1.54) is 5.56 Å². The molecule has 0 spiro atoms. The van der Waals surface area contributed by atoms with Crippen LogP contribution in [0.4, 0.5) is 4.39 Å². The first-order valence-electron chi connectivity index (χ1n) is 4.83. The predicted molar refractivity (Wildman–Crippen MR) is 60.9 cm³/mol. The molecule has 1 aromatic rings. The molecule has 2 rings (SSSR count). The Kier molecular flexibility index (Phi) is 2.99. The van der Waals surface area contributed by atoms with E-state index in [0.717, 1.165) is 23.5 Å². The molecule has 3 heteroatoms. The van der Waals surface area contributed by atoms with Crippen LogP contribution in [-0.4, -0.2) is 10.8 Å². The van der Waals surface area contributed by atoms with E-state index >= 15 is 0 Å². The predicted octanol–water partition coefficient (Wildman–Crippen LogP) is 2.98. The second-order valence-electron chi connectivity index (χ2n) is 3.48. The van der Waals surface area contributed by atoms with Crippen LogP contribution in [0.1, 0.15) is 18.1 Å². The van der Waals surface area contributed by atoms with Gasteiger partial charge in [0.05, 0.1) is 6.54 Å². The Morgan fingerprint density at radius 2 is 2.33 bits per heavy atom. The molecule has 1 heterocycles. The number of hydrogen-bond donors (Lipinski definition) is 0. The number of halogens is 1. The van der Waals surface area contributed by atoms with E-state index in [1.54, 1.807) is 18.0 Å². The summed E-state index contributed by atoms with van der Waals surface area (Å²) in [4.78, 5) is 1.06. The molecule has 0 unspecified atom stereocenters. The van der Waals surface area contributed by atoms with E-state index in [1.807, 2.05) is 19.9 Å². The molecule has 0 saturated carbocycles. The summed E-state index contributed by atoms with van der Waals surface area (Å²) in [5, 5.41) is 0. The van der Waals surface area contributed by atoms with Crippen molar-refractivity contribution in [1.29, 1.82) is 0 Å². The normalized spacial score (nSPS) is 14.6. The summed E-state index contributed by atoms with van der Waals surface area (Å²) >= 11 is 1.61. The molecule has 15 heavy (non-hydrogen) atoms. The van der Waals surface area contributed by atoms with Crippen molar-refractivity contribution in [2.45, 2.75) is 25.3 Å². The Labute approximate surface area is 93.8 Å². The third kappa shape index (κ3) is 2.01. The van der Waals surface area contributed by atoms with Crippen LogP contribution >= 0.6 is 11.9 Å². The molecule has 0 radical (unpaired) electrons. The van der Waals surface area contributed by atoms with Gasteiger partial charge in [0, 0.05) is 11.4 Å². The van der Waals surface area contributed by atoms with Crippen molar-refractivity contribution in [1.82, 2.24) is 4.31 Å². The van der Waals surface area contributed by atoms with E-state index in [4.69, 9.17) is 0 Å². The minimum absolute atomic E-state index is 0.121. The zero-order valence-electron chi connectivity index (χ0n) is 8.80. The monoisotopic (exact) mass is 221 g/mol. The minimum atomic E-state index is -0.121. The summed E-state index contributed by atoms with van der Waals surface area (Å²) in [6.07, 6.45) is 0. The van der Waals surface area contributed by atoms with E-state index in [9.17, 15) is 4.39 Å². The average Bonchev–Trinajstić information content (AvgIpc) is 2.64. The summed E-state index contributed by atoms with van der Waals surface area (Å²) in [5.74, 6) is 5.77. The minimum Gasteiger partial charge on any atom is -0.230 e. The smallest absolute Gasteiger partial charge is 0.127 e. The van der Waals surface area contributed by atoms with E-state index in [2.05, 4.69) is 16.1 Å². The fraction of sp³-hybridized carbons (Fsp3) is 0.333. The maximum atomic E-state index is 13.3. The lowest BCUT2D eigenvalue weighted by atomic mass is 10.1. The molecule has 78 valence electrons. The summed E-state index contributed by atoms with van der Waals surface area (Å²) in [7, 11) is 0. The molecule has 1 aromatic carbocycles. The maximum absolute atomic E-state index is 13.3. The van der Waals surface area contributed by atoms with Crippen LogP contribution < -0.4 is 0 Å². The molecule has 1 aliphatic rings. The Morgan fingerprint density at radius 1 is 1.53 bits per heavy atom. The highest BCUT2D eigenvalue weighted by atomic mass is 32.2. The summed E-state index contributed by atoms with van der Waals surface area (Å²) in [6.45, 7) is 5.25. The van der Waals surface area contributed by atoms with Crippen molar-refractivity contribution in [2.75, 3.05) is 6.54 Å². The van der Waals surface area contributed by atoms with Gasteiger partial charge in [0.25, 0.3) is 0 Å². The van der Waals surface area contributed by atoms with E-state index < -0.39 is 0 Å².